The van der Waals surface area contributed by atoms with E-state index in [0.29, 0.717) is 6.54 Å². The van der Waals surface area contributed by atoms with E-state index in [9.17, 15) is 19.1 Å². The van der Waals surface area contributed by atoms with Gasteiger partial charge in [-0.05, 0) is 5.56 Å². The van der Waals surface area contributed by atoms with Gasteiger partial charge in [-0.15, -0.1) is 0 Å². The fraction of sp³-hybridized carbons (Fsp3) is 0.529. The molecule has 0 unspecified atom stereocenters. The van der Waals surface area contributed by atoms with Gasteiger partial charge in [0.15, 0.2) is 0 Å². The highest BCUT2D eigenvalue weighted by atomic mass is 19.1. The number of benzene rings is 1. The summed E-state index contributed by atoms with van der Waals surface area (Å²) < 4.78 is 19.9. The molecular formula is C17H18FNO4. The van der Waals surface area contributed by atoms with Crippen molar-refractivity contribution in [2.75, 3.05) is 19.7 Å². The molecule has 23 heavy (non-hydrogen) atoms. The summed E-state index contributed by atoms with van der Waals surface area (Å²) in [5.41, 5.74) is -1.07. The molecule has 0 aromatic heterocycles. The number of alkyl halides is 1. The molecule has 1 N–H and O–H groups in total. The van der Waals surface area contributed by atoms with Crippen LogP contribution in [0.25, 0.3) is 0 Å². The molecule has 122 valence electrons. The second-order valence-electron chi connectivity index (χ2n) is 6.97. The van der Waals surface area contributed by atoms with Crippen molar-refractivity contribution in [3.8, 4) is 0 Å². The van der Waals surface area contributed by atoms with Crippen LogP contribution in [0.1, 0.15) is 24.3 Å². The first-order valence-corrected chi connectivity index (χ1v) is 7.82. The predicted octanol–water partition coefficient (Wildman–Crippen LogP) is 1.58. The van der Waals surface area contributed by atoms with E-state index in [-0.39, 0.29) is 37.8 Å². The maximum absolute atomic E-state index is 14.4. The molecule has 1 aromatic carbocycles. The van der Waals surface area contributed by atoms with Gasteiger partial charge in [0.05, 0.1) is 18.6 Å². The lowest BCUT2D eigenvalue weighted by atomic mass is 9.62. The predicted molar refractivity (Wildman–Crippen MR) is 78.6 cm³/mol. The van der Waals surface area contributed by atoms with Crippen molar-refractivity contribution in [3.05, 3.63) is 35.9 Å². The summed E-state index contributed by atoms with van der Waals surface area (Å²) in [5.74, 6) is -1.50. The lowest BCUT2D eigenvalue weighted by Crippen LogP contribution is -2.57. The van der Waals surface area contributed by atoms with E-state index in [2.05, 4.69) is 0 Å². The number of carboxylic acids is 1. The van der Waals surface area contributed by atoms with Gasteiger partial charge >= 0.3 is 5.97 Å². The van der Waals surface area contributed by atoms with Gasteiger partial charge in [0.1, 0.15) is 11.8 Å². The van der Waals surface area contributed by atoms with Gasteiger partial charge < -0.3 is 14.7 Å². The SMILES string of the molecule is O=C(O)C12COC(C(=O)N3C[C@@H](F)[C@@H](c4ccccc4)C3)(C1)C2. The van der Waals surface area contributed by atoms with Crippen molar-refractivity contribution >= 4 is 11.9 Å². The third kappa shape index (κ3) is 2.01. The number of nitrogens with zero attached hydrogens (tertiary/aromatic N) is 1. The maximum Gasteiger partial charge on any atom is 0.312 e. The quantitative estimate of drug-likeness (QED) is 0.919. The second kappa shape index (κ2) is 4.77. The maximum atomic E-state index is 14.4. The molecule has 3 aliphatic heterocycles. The lowest BCUT2D eigenvalue weighted by Gasteiger charge is -2.42. The summed E-state index contributed by atoms with van der Waals surface area (Å²) in [6, 6.07) is 9.33. The number of ether oxygens (including phenoxy) is 1. The first-order chi connectivity index (χ1) is 11.0. The zero-order chi connectivity index (χ0) is 16.2. The van der Waals surface area contributed by atoms with E-state index < -0.39 is 23.2 Å². The number of hydrogen-bond acceptors (Lipinski definition) is 3. The Bertz CT molecular complexity index is 656. The summed E-state index contributed by atoms with van der Waals surface area (Å²) in [6.07, 6.45) is -0.696. The molecule has 1 aromatic rings. The number of rotatable bonds is 3. The van der Waals surface area contributed by atoms with Crippen LogP contribution in [0.5, 0.6) is 0 Å². The smallest absolute Gasteiger partial charge is 0.312 e. The van der Waals surface area contributed by atoms with Crippen LogP contribution in [-0.2, 0) is 14.3 Å². The largest absolute Gasteiger partial charge is 0.481 e. The molecular weight excluding hydrogens is 301 g/mol. The number of likely N-dealkylation sites (tertiary alicyclic amines) is 1. The highest BCUT2D eigenvalue weighted by molar-refractivity contribution is 5.92. The van der Waals surface area contributed by atoms with Crippen LogP contribution in [0.15, 0.2) is 30.3 Å². The van der Waals surface area contributed by atoms with Crippen molar-refractivity contribution in [1.29, 1.82) is 0 Å². The van der Waals surface area contributed by atoms with Gasteiger partial charge in [-0.2, -0.15) is 0 Å². The molecule has 2 atom stereocenters. The molecule has 0 radical (unpaired) electrons. The number of carbonyl (C=O) groups is 2. The summed E-state index contributed by atoms with van der Waals surface area (Å²) in [5, 5.41) is 9.24. The van der Waals surface area contributed by atoms with Gasteiger partial charge in [-0.3, -0.25) is 9.59 Å². The van der Waals surface area contributed by atoms with E-state index in [1.165, 1.54) is 4.90 Å². The van der Waals surface area contributed by atoms with Gasteiger partial charge in [0.2, 0.25) is 0 Å². The Balaban J connectivity index is 1.48. The molecule has 4 fully saturated rings. The Labute approximate surface area is 133 Å². The third-order valence-electron chi connectivity index (χ3n) is 5.48. The van der Waals surface area contributed by atoms with Crippen molar-refractivity contribution in [1.82, 2.24) is 4.90 Å². The Hall–Kier alpha value is -1.95. The van der Waals surface area contributed by atoms with Crippen LogP contribution in [0.2, 0.25) is 0 Å². The van der Waals surface area contributed by atoms with Gasteiger partial charge in [-0.1, -0.05) is 30.3 Å². The highest BCUT2D eigenvalue weighted by Crippen LogP contribution is 2.59. The van der Waals surface area contributed by atoms with Crippen LogP contribution in [0.3, 0.4) is 0 Å². The molecule has 1 saturated carbocycles. The summed E-state index contributed by atoms with van der Waals surface area (Å²) in [7, 11) is 0. The van der Waals surface area contributed by atoms with Gasteiger partial charge in [0.25, 0.3) is 5.91 Å². The molecule has 2 bridgehead atoms. The number of halogens is 1. The minimum atomic E-state index is -1.11. The fourth-order valence-electron chi connectivity index (χ4n) is 4.18. The molecule has 5 rings (SSSR count). The monoisotopic (exact) mass is 319 g/mol. The first-order valence-electron chi connectivity index (χ1n) is 7.82. The van der Waals surface area contributed by atoms with Crippen LogP contribution < -0.4 is 0 Å². The highest BCUT2D eigenvalue weighted by Gasteiger charge is 2.71. The molecule has 5 nitrogen and oxygen atoms in total. The van der Waals surface area contributed by atoms with E-state index in [0.717, 1.165) is 5.56 Å². The van der Waals surface area contributed by atoms with Crippen LogP contribution in [0, 0.1) is 5.41 Å². The van der Waals surface area contributed by atoms with E-state index in [1.54, 1.807) is 0 Å². The average molecular weight is 319 g/mol. The van der Waals surface area contributed by atoms with Crippen molar-refractivity contribution < 1.29 is 23.8 Å². The minimum Gasteiger partial charge on any atom is -0.481 e. The summed E-state index contributed by atoms with van der Waals surface area (Å²) >= 11 is 0. The van der Waals surface area contributed by atoms with Gasteiger partial charge in [0, 0.05) is 25.3 Å². The molecule has 1 amide bonds. The number of carboxylic acid groups (broad SMARTS) is 1. The first kappa shape index (κ1) is 14.6. The van der Waals surface area contributed by atoms with E-state index >= 15 is 0 Å². The number of aliphatic carboxylic acids is 1. The number of hydrogen-bond donors (Lipinski definition) is 1. The standard InChI is InChI=1S/C17H18FNO4/c18-13-7-19(6-12(13)11-4-2-1-3-5-11)14(20)17-8-16(9-17,10-23-17)15(21)22/h1-5,12-13H,6-10H2,(H,21,22)/t12-,13-,16?,17?/m1/s1. The third-order valence-corrected chi connectivity index (χ3v) is 5.48. The molecule has 1 aliphatic carbocycles. The summed E-state index contributed by atoms with van der Waals surface area (Å²) in [6.45, 7) is 0.432. The van der Waals surface area contributed by atoms with Gasteiger partial charge in [-0.25, -0.2) is 4.39 Å². The molecule has 3 saturated heterocycles. The molecule has 4 aliphatic rings. The second-order valence-corrected chi connectivity index (χ2v) is 6.97. The number of fused-ring (bicyclic) bond motifs is 1. The number of amides is 1. The zero-order valence-electron chi connectivity index (χ0n) is 12.6. The normalized spacial score (nSPS) is 38.4. The Morgan fingerprint density at radius 3 is 2.52 bits per heavy atom. The zero-order valence-corrected chi connectivity index (χ0v) is 12.6. The van der Waals surface area contributed by atoms with Crippen molar-refractivity contribution in [2.24, 2.45) is 5.41 Å². The Morgan fingerprint density at radius 1 is 1.22 bits per heavy atom. The van der Waals surface area contributed by atoms with Crippen molar-refractivity contribution in [2.45, 2.75) is 30.5 Å². The Morgan fingerprint density at radius 2 is 1.91 bits per heavy atom. The van der Waals surface area contributed by atoms with E-state index in [4.69, 9.17) is 4.74 Å². The summed E-state index contributed by atoms with van der Waals surface area (Å²) in [4.78, 5) is 25.5. The van der Waals surface area contributed by atoms with Crippen LogP contribution in [0.4, 0.5) is 4.39 Å². The molecule has 0 spiro atoms. The Kier molecular flexibility index (Phi) is 3.04. The topological polar surface area (TPSA) is 66.8 Å². The average Bonchev–Trinajstić information content (AvgIpc) is 3.18. The van der Waals surface area contributed by atoms with Crippen molar-refractivity contribution in [3.63, 3.8) is 0 Å². The minimum absolute atomic E-state index is 0.0452. The van der Waals surface area contributed by atoms with E-state index in [1.807, 2.05) is 30.3 Å². The number of carbonyl (C=O) groups excluding carboxylic acids is 1. The van der Waals surface area contributed by atoms with Crippen LogP contribution in [-0.4, -0.2) is 53.4 Å². The van der Waals surface area contributed by atoms with Crippen LogP contribution >= 0.6 is 0 Å². The molecule has 6 heteroatoms. The fourth-order valence-corrected chi connectivity index (χ4v) is 4.18. The molecule has 3 heterocycles. The lowest BCUT2D eigenvalue weighted by molar-refractivity contribution is -0.163.